The van der Waals surface area contributed by atoms with E-state index < -0.39 is 17.5 Å². The summed E-state index contributed by atoms with van der Waals surface area (Å²) in [5.74, 6) is 0.197. The lowest BCUT2D eigenvalue weighted by Crippen LogP contribution is -2.52. The third kappa shape index (κ3) is 3.66. The molecule has 2 N–H and O–H groups in total. The van der Waals surface area contributed by atoms with Crippen molar-refractivity contribution >= 4 is 17.8 Å². The fraction of sp³-hybridized carbons (Fsp3) is 0.526. The number of urea groups is 1. The predicted molar refractivity (Wildman–Crippen MR) is 95.2 cm³/mol. The molecule has 7 heteroatoms. The fourth-order valence-corrected chi connectivity index (χ4v) is 3.48. The van der Waals surface area contributed by atoms with E-state index in [4.69, 9.17) is 4.74 Å². The first-order valence-corrected chi connectivity index (χ1v) is 9.11. The van der Waals surface area contributed by atoms with Gasteiger partial charge in [-0.1, -0.05) is 26.0 Å². The number of ether oxygens (including phenoxy) is 1. The van der Waals surface area contributed by atoms with Crippen molar-refractivity contribution in [2.45, 2.75) is 51.5 Å². The number of aryl methyl sites for hydroxylation is 1. The van der Waals surface area contributed by atoms with Crippen molar-refractivity contribution in [1.82, 2.24) is 15.8 Å². The summed E-state index contributed by atoms with van der Waals surface area (Å²) in [6.07, 6.45) is 3.83. The smallest absolute Gasteiger partial charge is 0.344 e. The number of nitrogens with one attached hydrogen (secondary N) is 2. The molecular weight excluding hydrogens is 334 g/mol. The van der Waals surface area contributed by atoms with Crippen LogP contribution in [0.25, 0.3) is 0 Å². The Morgan fingerprint density at radius 3 is 2.77 bits per heavy atom. The molecule has 140 valence electrons. The Bertz CT molecular complexity index is 710. The molecule has 4 amide bonds. The van der Waals surface area contributed by atoms with Crippen LogP contribution >= 0.6 is 0 Å². The summed E-state index contributed by atoms with van der Waals surface area (Å²) in [5.41, 5.74) is 2.60. The van der Waals surface area contributed by atoms with Gasteiger partial charge in [-0.3, -0.25) is 15.0 Å². The number of hydrogen-bond donors (Lipinski definition) is 2. The molecule has 1 saturated heterocycles. The summed E-state index contributed by atoms with van der Waals surface area (Å²) < 4.78 is 5.46. The van der Waals surface area contributed by atoms with Gasteiger partial charge in [-0.25, -0.2) is 4.79 Å². The maximum Gasteiger partial charge on any atom is 0.344 e. The van der Waals surface area contributed by atoms with Gasteiger partial charge in [0.25, 0.3) is 11.8 Å². The summed E-state index contributed by atoms with van der Waals surface area (Å²) >= 11 is 0. The SMILES string of the molecule is CCc1cccc(OCC(=O)NN2C(=O)NC3(CCC(C)CC3)C2=O)c1. The molecule has 1 spiro atoms. The van der Waals surface area contributed by atoms with Gasteiger partial charge < -0.3 is 10.1 Å². The van der Waals surface area contributed by atoms with Gasteiger partial charge in [0.15, 0.2) is 6.61 Å². The number of nitrogens with zero attached hydrogens (tertiary/aromatic N) is 1. The largest absolute Gasteiger partial charge is 0.484 e. The molecule has 1 saturated carbocycles. The van der Waals surface area contributed by atoms with Crippen molar-refractivity contribution < 1.29 is 19.1 Å². The Morgan fingerprint density at radius 2 is 2.08 bits per heavy atom. The van der Waals surface area contributed by atoms with E-state index in [-0.39, 0.29) is 12.5 Å². The van der Waals surface area contributed by atoms with Crippen LogP contribution in [0.5, 0.6) is 5.75 Å². The van der Waals surface area contributed by atoms with Crippen LogP contribution in [0, 0.1) is 5.92 Å². The lowest BCUT2D eigenvalue weighted by Gasteiger charge is -2.33. The van der Waals surface area contributed by atoms with Gasteiger partial charge in [-0.05, 0) is 55.7 Å². The van der Waals surface area contributed by atoms with Crippen molar-refractivity contribution in [2.75, 3.05) is 6.61 Å². The Kier molecular flexibility index (Phi) is 5.15. The standard InChI is InChI=1S/C19H25N3O4/c1-3-14-5-4-6-15(11-14)26-12-16(23)21-22-17(24)19(20-18(22)25)9-7-13(2)8-10-19/h4-6,11,13H,3,7-10,12H2,1-2H3,(H,20,25)(H,21,23). The van der Waals surface area contributed by atoms with Gasteiger partial charge in [0.05, 0.1) is 0 Å². The van der Waals surface area contributed by atoms with Gasteiger partial charge in [0.2, 0.25) is 0 Å². The van der Waals surface area contributed by atoms with Gasteiger partial charge in [-0.2, -0.15) is 5.01 Å². The molecule has 1 heterocycles. The molecule has 1 aromatic rings. The molecule has 0 bridgehead atoms. The van der Waals surface area contributed by atoms with Crippen LogP contribution in [0.2, 0.25) is 0 Å². The summed E-state index contributed by atoms with van der Waals surface area (Å²) in [6, 6.07) is 6.88. The zero-order valence-corrected chi connectivity index (χ0v) is 15.2. The average molecular weight is 359 g/mol. The number of carbonyl (C=O) groups excluding carboxylic acids is 3. The second-order valence-corrected chi connectivity index (χ2v) is 7.16. The predicted octanol–water partition coefficient (Wildman–Crippen LogP) is 2.16. The van der Waals surface area contributed by atoms with Crippen molar-refractivity contribution in [3.63, 3.8) is 0 Å². The molecule has 0 radical (unpaired) electrons. The van der Waals surface area contributed by atoms with Gasteiger partial charge in [-0.15, -0.1) is 0 Å². The van der Waals surface area contributed by atoms with Gasteiger partial charge in [0, 0.05) is 0 Å². The molecular formula is C19H25N3O4. The van der Waals surface area contributed by atoms with Crippen molar-refractivity contribution in [2.24, 2.45) is 5.92 Å². The second-order valence-electron chi connectivity index (χ2n) is 7.16. The third-order valence-corrected chi connectivity index (χ3v) is 5.20. The van der Waals surface area contributed by atoms with Crippen LogP contribution < -0.4 is 15.5 Å². The number of carbonyl (C=O) groups is 3. The first kappa shape index (κ1) is 18.2. The van der Waals surface area contributed by atoms with E-state index in [0.29, 0.717) is 24.5 Å². The third-order valence-electron chi connectivity index (χ3n) is 5.20. The van der Waals surface area contributed by atoms with Gasteiger partial charge in [0.1, 0.15) is 11.3 Å². The van der Waals surface area contributed by atoms with Crippen molar-refractivity contribution in [1.29, 1.82) is 0 Å². The number of imide groups is 1. The summed E-state index contributed by atoms with van der Waals surface area (Å²) in [7, 11) is 0. The van der Waals surface area contributed by atoms with Crippen LogP contribution in [0.3, 0.4) is 0 Å². The molecule has 3 rings (SSSR count). The Labute approximate surface area is 153 Å². The molecule has 1 aliphatic carbocycles. The van der Waals surface area contributed by atoms with Crippen LogP contribution in [-0.4, -0.2) is 35.0 Å². The summed E-state index contributed by atoms with van der Waals surface area (Å²) in [4.78, 5) is 37.0. The molecule has 2 aliphatic rings. The quantitative estimate of drug-likeness (QED) is 0.789. The van der Waals surface area contributed by atoms with Crippen molar-refractivity contribution in [3.05, 3.63) is 29.8 Å². The highest BCUT2D eigenvalue weighted by molar-refractivity contribution is 6.08. The van der Waals surface area contributed by atoms with E-state index >= 15 is 0 Å². The Hall–Kier alpha value is -2.57. The van der Waals surface area contributed by atoms with Crippen LogP contribution in [-0.2, 0) is 16.0 Å². The number of hydrazine groups is 1. The van der Waals surface area contributed by atoms with Crippen LogP contribution in [0.15, 0.2) is 24.3 Å². The van der Waals surface area contributed by atoms with Crippen LogP contribution in [0.4, 0.5) is 4.79 Å². The average Bonchev–Trinajstić information content (AvgIpc) is 2.87. The molecule has 0 aromatic heterocycles. The maximum absolute atomic E-state index is 12.7. The first-order chi connectivity index (χ1) is 12.4. The Balaban J connectivity index is 1.57. The normalized spacial score (nSPS) is 25.3. The highest BCUT2D eigenvalue weighted by atomic mass is 16.5. The summed E-state index contributed by atoms with van der Waals surface area (Å²) in [5, 5.41) is 3.56. The second kappa shape index (κ2) is 7.35. The molecule has 1 aromatic carbocycles. The number of amides is 4. The van der Waals surface area contributed by atoms with E-state index in [9.17, 15) is 14.4 Å². The van der Waals surface area contributed by atoms with E-state index in [0.717, 1.165) is 29.8 Å². The number of hydrogen-bond acceptors (Lipinski definition) is 4. The van der Waals surface area contributed by atoms with E-state index in [1.807, 2.05) is 25.1 Å². The molecule has 0 atom stereocenters. The minimum Gasteiger partial charge on any atom is -0.484 e. The van der Waals surface area contributed by atoms with Crippen molar-refractivity contribution in [3.8, 4) is 5.75 Å². The first-order valence-electron chi connectivity index (χ1n) is 9.11. The molecule has 26 heavy (non-hydrogen) atoms. The monoisotopic (exact) mass is 359 g/mol. The topological polar surface area (TPSA) is 87.7 Å². The van der Waals surface area contributed by atoms with E-state index in [1.165, 1.54) is 0 Å². The highest BCUT2D eigenvalue weighted by Gasteiger charge is 2.52. The highest BCUT2D eigenvalue weighted by Crippen LogP contribution is 2.35. The summed E-state index contributed by atoms with van der Waals surface area (Å²) in [6.45, 7) is 3.90. The van der Waals surface area contributed by atoms with Crippen LogP contribution in [0.1, 0.15) is 45.1 Å². The Morgan fingerprint density at radius 1 is 1.35 bits per heavy atom. The number of benzene rings is 1. The van der Waals surface area contributed by atoms with Gasteiger partial charge >= 0.3 is 6.03 Å². The molecule has 2 fully saturated rings. The fourth-order valence-electron chi connectivity index (χ4n) is 3.48. The number of rotatable bonds is 5. The molecule has 1 aliphatic heterocycles. The van der Waals surface area contributed by atoms with E-state index in [2.05, 4.69) is 17.7 Å². The molecule has 0 unspecified atom stereocenters. The lowest BCUT2D eigenvalue weighted by molar-refractivity contribution is -0.140. The zero-order valence-electron chi connectivity index (χ0n) is 15.2. The minimum atomic E-state index is -0.868. The minimum absolute atomic E-state index is 0.270. The lowest BCUT2D eigenvalue weighted by atomic mass is 9.77. The van der Waals surface area contributed by atoms with E-state index in [1.54, 1.807) is 6.07 Å². The maximum atomic E-state index is 12.7. The zero-order chi connectivity index (χ0) is 18.7. The molecule has 7 nitrogen and oxygen atoms in total.